The molecule has 0 amide bonds. The molecular weight excluding hydrogens is 294 g/mol. The average molecular weight is 313 g/mol. The Kier molecular flexibility index (Phi) is 2.71. The summed E-state index contributed by atoms with van der Waals surface area (Å²) in [6, 6.07) is 0. The number of piperidine rings is 1. The third kappa shape index (κ3) is 1.73. The maximum Gasteiger partial charge on any atom is 0.229 e. The van der Waals surface area contributed by atoms with Gasteiger partial charge >= 0.3 is 0 Å². The van der Waals surface area contributed by atoms with Gasteiger partial charge in [-0.2, -0.15) is 9.61 Å². The van der Waals surface area contributed by atoms with E-state index in [-0.39, 0.29) is 0 Å². The van der Waals surface area contributed by atoms with Gasteiger partial charge in [-0.1, -0.05) is 6.92 Å². The van der Waals surface area contributed by atoms with Crippen molar-refractivity contribution in [2.75, 3.05) is 18.0 Å². The zero-order valence-corrected chi connectivity index (χ0v) is 13.6. The normalized spacial score (nSPS) is 19.4. The third-order valence-electron chi connectivity index (χ3n) is 5.13. The molecule has 0 saturated carbocycles. The molecule has 0 atom stereocenters. The van der Waals surface area contributed by atoms with E-state index in [0.29, 0.717) is 0 Å². The van der Waals surface area contributed by atoms with Gasteiger partial charge in [-0.3, -0.25) is 0 Å². The fourth-order valence-corrected chi connectivity index (χ4v) is 5.06. The summed E-state index contributed by atoms with van der Waals surface area (Å²) in [6.45, 7) is 4.47. The summed E-state index contributed by atoms with van der Waals surface area (Å²) < 4.78 is 1.96. The predicted octanol–water partition coefficient (Wildman–Crippen LogP) is 3.06. The summed E-state index contributed by atoms with van der Waals surface area (Å²) in [5.41, 5.74) is 2.47. The number of hydrogen-bond donors (Lipinski definition) is 0. The largest absolute Gasteiger partial charge is 0.341 e. The van der Waals surface area contributed by atoms with Crippen LogP contribution < -0.4 is 4.90 Å². The van der Waals surface area contributed by atoms with Crippen LogP contribution in [-0.2, 0) is 12.8 Å². The van der Waals surface area contributed by atoms with Crippen molar-refractivity contribution in [2.45, 2.75) is 39.0 Å². The summed E-state index contributed by atoms with van der Waals surface area (Å²) in [5.74, 6) is 1.79. The summed E-state index contributed by atoms with van der Waals surface area (Å²) in [6.07, 6.45) is 7.77. The van der Waals surface area contributed by atoms with Crippen LogP contribution >= 0.6 is 11.3 Å². The van der Waals surface area contributed by atoms with Gasteiger partial charge in [-0.25, -0.2) is 9.97 Å². The van der Waals surface area contributed by atoms with Crippen molar-refractivity contribution >= 4 is 33.1 Å². The Bertz CT molecular complexity index is 856. The fourth-order valence-electron chi connectivity index (χ4n) is 3.81. The molecule has 6 heteroatoms. The van der Waals surface area contributed by atoms with Crippen molar-refractivity contribution < 1.29 is 0 Å². The van der Waals surface area contributed by atoms with Gasteiger partial charge in [0.15, 0.2) is 5.65 Å². The number of hydrogen-bond acceptors (Lipinski definition) is 5. The molecular formula is C16H19N5S. The summed E-state index contributed by atoms with van der Waals surface area (Å²) in [4.78, 5) is 14.6. The van der Waals surface area contributed by atoms with Crippen LogP contribution in [0.5, 0.6) is 0 Å². The van der Waals surface area contributed by atoms with Gasteiger partial charge in [0.2, 0.25) is 5.95 Å². The van der Waals surface area contributed by atoms with E-state index in [1.165, 1.54) is 47.9 Å². The summed E-state index contributed by atoms with van der Waals surface area (Å²) in [7, 11) is 0. The minimum absolute atomic E-state index is 0.816. The molecule has 5 nitrogen and oxygen atoms in total. The molecule has 114 valence electrons. The number of anilines is 1. The zero-order chi connectivity index (χ0) is 14.7. The summed E-state index contributed by atoms with van der Waals surface area (Å²) >= 11 is 1.86. The monoisotopic (exact) mass is 313 g/mol. The highest BCUT2D eigenvalue weighted by molar-refractivity contribution is 7.19. The average Bonchev–Trinajstić information content (AvgIpc) is 3.21. The molecule has 4 heterocycles. The van der Waals surface area contributed by atoms with E-state index in [2.05, 4.69) is 21.9 Å². The molecule has 0 aromatic carbocycles. The molecule has 2 aliphatic rings. The highest BCUT2D eigenvalue weighted by Gasteiger charge is 2.25. The van der Waals surface area contributed by atoms with Gasteiger partial charge in [0, 0.05) is 18.0 Å². The van der Waals surface area contributed by atoms with Crippen LogP contribution in [0.1, 0.15) is 36.6 Å². The first-order valence-corrected chi connectivity index (χ1v) is 9.02. The van der Waals surface area contributed by atoms with Crippen LogP contribution in [0.3, 0.4) is 0 Å². The first kappa shape index (κ1) is 12.8. The van der Waals surface area contributed by atoms with Crippen molar-refractivity contribution in [3.63, 3.8) is 0 Å². The van der Waals surface area contributed by atoms with E-state index < -0.39 is 0 Å². The number of fused-ring (bicyclic) bond motifs is 5. The van der Waals surface area contributed by atoms with Crippen LogP contribution in [0.15, 0.2) is 6.33 Å². The summed E-state index contributed by atoms with van der Waals surface area (Å²) in [5, 5.41) is 5.73. The van der Waals surface area contributed by atoms with Gasteiger partial charge in [-0.15, -0.1) is 11.3 Å². The number of aromatic nitrogens is 4. The lowest BCUT2D eigenvalue weighted by molar-refractivity contribution is 0.433. The van der Waals surface area contributed by atoms with Crippen molar-refractivity contribution in [1.29, 1.82) is 0 Å². The third-order valence-corrected chi connectivity index (χ3v) is 6.32. The van der Waals surface area contributed by atoms with E-state index in [1.807, 2.05) is 15.9 Å². The second-order valence-electron chi connectivity index (χ2n) is 6.61. The Morgan fingerprint density at radius 1 is 1.23 bits per heavy atom. The molecule has 1 saturated heterocycles. The van der Waals surface area contributed by atoms with Gasteiger partial charge in [-0.05, 0) is 43.6 Å². The lowest BCUT2D eigenvalue weighted by atomic mass is 10.00. The lowest BCUT2D eigenvalue weighted by Crippen LogP contribution is -2.34. The molecule has 22 heavy (non-hydrogen) atoms. The standard InChI is InChI=1S/C16H19N5S/c1-10-5-7-20(8-6-10)16-19-15-13(14-17-9-18-21(14)16)11-3-2-4-12(11)22-15/h9-10H,2-8H2,1H3. The Morgan fingerprint density at radius 3 is 2.95 bits per heavy atom. The SMILES string of the molecule is CC1CCN(c2nc3sc4c(c3c3ncnn23)CCC4)CC1. The van der Waals surface area contributed by atoms with Crippen molar-refractivity contribution in [1.82, 2.24) is 19.6 Å². The van der Waals surface area contributed by atoms with E-state index in [4.69, 9.17) is 4.98 Å². The molecule has 0 N–H and O–H groups in total. The van der Waals surface area contributed by atoms with Crippen molar-refractivity contribution in [3.05, 3.63) is 16.8 Å². The quantitative estimate of drug-likeness (QED) is 0.693. The first-order valence-electron chi connectivity index (χ1n) is 8.20. The number of aryl methyl sites for hydroxylation is 2. The second-order valence-corrected chi connectivity index (χ2v) is 7.70. The van der Waals surface area contributed by atoms with Crippen LogP contribution in [-0.4, -0.2) is 32.7 Å². The van der Waals surface area contributed by atoms with E-state index in [9.17, 15) is 0 Å². The molecule has 3 aromatic heterocycles. The second kappa shape index (κ2) is 4.65. The van der Waals surface area contributed by atoms with E-state index in [1.54, 1.807) is 6.33 Å². The lowest BCUT2D eigenvalue weighted by Gasteiger charge is -2.30. The highest BCUT2D eigenvalue weighted by atomic mass is 32.1. The molecule has 1 fully saturated rings. The highest BCUT2D eigenvalue weighted by Crippen LogP contribution is 2.39. The Hall–Kier alpha value is -1.69. The van der Waals surface area contributed by atoms with Crippen molar-refractivity contribution in [2.24, 2.45) is 5.92 Å². The predicted molar refractivity (Wildman–Crippen MR) is 88.8 cm³/mol. The maximum absolute atomic E-state index is 4.99. The number of thiophene rings is 1. The van der Waals surface area contributed by atoms with Gasteiger partial charge in [0.05, 0.1) is 5.39 Å². The Labute approximate surface area is 133 Å². The minimum Gasteiger partial charge on any atom is -0.341 e. The molecule has 0 radical (unpaired) electrons. The van der Waals surface area contributed by atoms with E-state index in [0.717, 1.165) is 35.4 Å². The molecule has 1 aliphatic heterocycles. The molecule has 0 spiro atoms. The zero-order valence-electron chi connectivity index (χ0n) is 12.7. The Balaban J connectivity index is 1.73. The van der Waals surface area contributed by atoms with Crippen LogP contribution in [0.25, 0.3) is 15.9 Å². The maximum atomic E-state index is 4.99. The smallest absolute Gasteiger partial charge is 0.229 e. The molecule has 3 aromatic rings. The van der Waals surface area contributed by atoms with Crippen LogP contribution in [0.4, 0.5) is 5.95 Å². The molecule has 0 bridgehead atoms. The molecule has 0 unspecified atom stereocenters. The van der Waals surface area contributed by atoms with E-state index >= 15 is 0 Å². The van der Waals surface area contributed by atoms with Crippen LogP contribution in [0, 0.1) is 5.92 Å². The fraction of sp³-hybridized carbons (Fsp3) is 0.562. The van der Waals surface area contributed by atoms with Gasteiger partial charge < -0.3 is 4.90 Å². The Morgan fingerprint density at radius 2 is 2.09 bits per heavy atom. The first-order chi connectivity index (χ1) is 10.8. The van der Waals surface area contributed by atoms with Gasteiger partial charge in [0.25, 0.3) is 0 Å². The van der Waals surface area contributed by atoms with Crippen LogP contribution in [0.2, 0.25) is 0 Å². The molecule has 5 rings (SSSR count). The number of rotatable bonds is 1. The number of nitrogens with zero attached hydrogens (tertiary/aromatic N) is 5. The van der Waals surface area contributed by atoms with Gasteiger partial charge in [0.1, 0.15) is 11.2 Å². The minimum atomic E-state index is 0.816. The van der Waals surface area contributed by atoms with Crippen molar-refractivity contribution in [3.8, 4) is 0 Å². The molecule has 1 aliphatic carbocycles. The topological polar surface area (TPSA) is 46.3 Å².